The van der Waals surface area contributed by atoms with Gasteiger partial charge >= 0.3 is 11.5 Å². The number of carbonyl (C=O) groups excluding carboxylic acids is 1. The second kappa shape index (κ2) is 27.1. The zero-order valence-electron chi connectivity index (χ0n) is 44.5. The number of carbonyl (C=O) groups is 1. The molecule has 0 saturated carbocycles. The van der Waals surface area contributed by atoms with E-state index >= 15 is 4.39 Å². The molecular weight excluding hydrogens is 1120 g/mol. The molecule has 2 aliphatic rings. The van der Waals surface area contributed by atoms with E-state index in [9.17, 15) is 26.4 Å². The van der Waals surface area contributed by atoms with Gasteiger partial charge in [0.25, 0.3) is 9.84 Å². The minimum Gasteiger partial charge on any atom is -0.465 e. The van der Waals surface area contributed by atoms with Crippen LogP contribution < -0.4 is 25.2 Å². The van der Waals surface area contributed by atoms with Gasteiger partial charge in [-0.25, -0.2) is 12.8 Å². The van der Waals surface area contributed by atoms with E-state index in [2.05, 4.69) is 61.5 Å². The lowest BCUT2D eigenvalue weighted by atomic mass is 9.96. The molecule has 6 aromatic rings. The summed E-state index contributed by atoms with van der Waals surface area (Å²) in [4.78, 5) is 37.8. The van der Waals surface area contributed by atoms with Crippen LogP contribution in [0.1, 0.15) is 51.3 Å². The van der Waals surface area contributed by atoms with Gasteiger partial charge in [-0.05, 0) is 168 Å². The maximum atomic E-state index is 15.7. The number of rotatable bonds is 23. The topological polar surface area (TPSA) is 152 Å². The van der Waals surface area contributed by atoms with Crippen LogP contribution in [0, 0.1) is 18.7 Å². The van der Waals surface area contributed by atoms with E-state index < -0.39 is 34.7 Å². The van der Waals surface area contributed by atoms with E-state index in [0.717, 1.165) is 68.1 Å². The van der Waals surface area contributed by atoms with Crippen molar-refractivity contribution in [3.05, 3.63) is 132 Å². The number of nitrogens with one attached hydrogen (secondary N) is 3. The van der Waals surface area contributed by atoms with E-state index in [1.54, 1.807) is 18.2 Å². The molecule has 2 saturated heterocycles. The lowest BCUT2D eigenvalue weighted by Crippen LogP contribution is -2.46. The molecule has 1 aromatic heterocycles. The fourth-order valence-electron chi connectivity index (χ4n) is 10.2. The summed E-state index contributed by atoms with van der Waals surface area (Å²) >= 11 is 8.81. The molecule has 424 valence electrons. The van der Waals surface area contributed by atoms with Crippen molar-refractivity contribution >= 4 is 87.9 Å². The summed E-state index contributed by atoms with van der Waals surface area (Å²) in [5.74, 6) is -0.505. The van der Waals surface area contributed by atoms with Crippen molar-refractivity contribution in [2.24, 2.45) is 5.92 Å². The molecule has 2 fully saturated rings. The summed E-state index contributed by atoms with van der Waals surface area (Å²) in [6.07, 6.45) is 2.14. The Hall–Kier alpha value is -5.18. The molecular formula is C57H67ClF4N7O6PS3. The third-order valence-corrected chi connectivity index (χ3v) is 18.7. The summed E-state index contributed by atoms with van der Waals surface area (Å²) < 4.78 is 96.2. The molecule has 0 bridgehead atoms. The summed E-state index contributed by atoms with van der Waals surface area (Å²) in [5, 5.41) is 7.21. The van der Waals surface area contributed by atoms with E-state index in [-0.39, 0.29) is 47.1 Å². The average molecular weight is 1180 g/mol. The smallest absolute Gasteiger partial charge is 0.465 e. The molecule has 3 heterocycles. The number of hydrogen-bond acceptors (Lipinski definition) is 14. The minimum absolute atomic E-state index is 0.120. The molecule has 79 heavy (non-hydrogen) atoms. The van der Waals surface area contributed by atoms with Crippen molar-refractivity contribution in [2.75, 3.05) is 96.5 Å². The summed E-state index contributed by atoms with van der Waals surface area (Å²) in [5.41, 5.74) is 2.29. The first-order chi connectivity index (χ1) is 37.8. The van der Waals surface area contributed by atoms with Gasteiger partial charge in [0.15, 0.2) is 8.38 Å². The molecule has 0 spiro atoms. The Morgan fingerprint density at radius 2 is 1.52 bits per heavy atom. The first-order valence-electron chi connectivity index (χ1n) is 26.3. The number of aromatic nitrogens is 1. The quantitative estimate of drug-likeness (QED) is 0.0103. The van der Waals surface area contributed by atoms with Crippen LogP contribution in [0.25, 0.3) is 22.4 Å². The van der Waals surface area contributed by atoms with E-state index in [4.69, 9.17) is 26.1 Å². The number of nitrogens with zero attached hydrogens (tertiary/aromatic N) is 4. The zero-order chi connectivity index (χ0) is 56.4. The molecule has 22 heteroatoms. The van der Waals surface area contributed by atoms with Crippen molar-refractivity contribution in [1.29, 1.82) is 0 Å². The van der Waals surface area contributed by atoms with Crippen LogP contribution in [0.15, 0.2) is 130 Å². The number of sulfone groups is 1. The molecule has 0 aliphatic carbocycles. The van der Waals surface area contributed by atoms with E-state index in [0.29, 0.717) is 88.0 Å². The van der Waals surface area contributed by atoms with Crippen molar-refractivity contribution in [3.63, 3.8) is 0 Å². The van der Waals surface area contributed by atoms with Crippen LogP contribution in [0.2, 0.25) is 5.02 Å². The molecule has 2 aliphatic heterocycles. The predicted molar refractivity (Wildman–Crippen MR) is 315 cm³/mol. The maximum Gasteiger partial charge on any atom is 0.501 e. The van der Waals surface area contributed by atoms with Gasteiger partial charge < -0.3 is 49.1 Å². The van der Waals surface area contributed by atoms with Crippen molar-refractivity contribution in [1.82, 2.24) is 9.47 Å². The van der Waals surface area contributed by atoms with Crippen molar-refractivity contribution < 1.29 is 45.3 Å². The number of piperidine rings is 1. The molecule has 0 radical (unpaired) electrons. The Morgan fingerprint density at radius 1 is 0.848 bits per heavy atom. The number of thioether (sulfide) groups is 1. The SMILES string of the molecule is CNc1c(-c2cc(F)cc(N3CCN(c4ccc(NSc5ccc(N[C@H](CCN6CCC(C(=O)OCCCP(O)O)CC6)CSc6ccccc6)c(S(=O)(=O)C(F)(F)F)c5)cc4)CC3)c2)c(-c2ccc(Cl)cc2)n(C(C)C)c1C. The van der Waals surface area contributed by atoms with Gasteiger partial charge in [-0.15, -0.1) is 11.8 Å². The lowest BCUT2D eigenvalue weighted by molar-refractivity contribution is -0.150. The number of piperazine rings is 1. The highest BCUT2D eigenvalue weighted by Gasteiger charge is 2.48. The monoisotopic (exact) mass is 1180 g/mol. The number of ether oxygens (including phenoxy) is 1. The Labute approximate surface area is 475 Å². The zero-order valence-corrected chi connectivity index (χ0v) is 48.6. The standard InChI is InChI=1S/C57H67ClF4N7O6PS3/c1-38(2)69-39(3)54(63-4)53(55(69)40-11-13-43(58)14-12-40)42-33-44(59)35-48(34-42)68-29-27-67(28-30-68)47-17-15-45(16-18-47)65-78-50-19-20-51(52(36-50)79(73,74)57(60,61)62)64-46(37-77-49-9-6-5-7-10-49)23-26-66-24-21-41(22-25-66)56(70)75-31-8-32-76(71)72/h5-7,9-20,33-36,38,41,46,63-65,71-72H,8,21-32,37H2,1-4H3/t46-/m1/s1. The fourth-order valence-corrected chi connectivity index (χ4v) is 13.4. The lowest BCUT2D eigenvalue weighted by Gasteiger charge is -2.37. The molecule has 8 rings (SSSR count). The highest BCUT2D eigenvalue weighted by molar-refractivity contribution is 8.00. The van der Waals surface area contributed by atoms with Crippen LogP contribution in [0.3, 0.4) is 0 Å². The molecule has 13 nitrogen and oxygen atoms in total. The van der Waals surface area contributed by atoms with Gasteiger partial charge in [-0.2, -0.15) is 13.2 Å². The first kappa shape index (κ1) is 59.9. The Morgan fingerprint density at radius 3 is 2.15 bits per heavy atom. The predicted octanol–water partition coefficient (Wildman–Crippen LogP) is 13.2. The molecule has 0 unspecified atom stereocenters. The third-order valence-electron chi connectivity index (χ3n) is 14.2. The Bertz CT molecular complexity index is 3110. The summed E-state index contributed by atoms with van der Waals surface area (Å²) in [6.45, 7) is 10.8. The largest absolute Gasteiger partial charge is 0.501 e. The number of halogens is 5. The molecule has 5 N–H and O–H groups in total. The van der Waals surface area contributed by atoms with Gasteiger partial charge in [-0.1, -0.05) is 41.9 Å². The van der Waals surface area contributed by atoms with Gasteiger partial charge in [0.05, 0.1) is 29.6 Å². The number of anilines is 5. The van der Waals surface area contributed by atoms with E-state index in [1.165, 1.54) is 17.8 Å². The molecule has 0 amide bonds. The summed E-state index contributed by atoms with van der Waals surface area (Å²) in [7, 11) is -5.94. The normalized spacial score (nSPS) is 15.2. The van der Waals surface area contributed by atoms with Gasteiger partial charge in [0.1, 0.15) is 10.7 Å². The van der Waals surface area contributed by atoms with Crippen LogP contribution >= 0.6 is 43.7 Å². The van der Waals surface area contributed by atoms with Crippen molar-refractivity contribution in [3.8, 4) is 22.4 Å². The van der Waals surface area contributed by atoms with E-state index in [1.807, 2.05) is 85.9 Å². The Kier molecular flexibility index (Phi) is 20.5. The first-order valence-corrected chi connectivity index (χ1v) is 31.4. The van der Waals surface area contributed by atoms with Gasteiger partial charge in [0.2, 0.25) is 0 Å². The maximum absolute atomic E-state index is 15.7. The van der Waals surface area contributed by atoms with Crippen molar-refractivity contribution in [2.45, 2.75) is 78.7 Å². The third kappa shape index (κ3) is 15.2. The van der Waals surface area contributed by atoms with Crippen LogP contribution in [-0.2, 0) is 19.4 Å². The fraction of sp³-hybridized carbons (Fsp3) is 0.386. The molecule has 5 aromatic carbocycles. The number of likely N-dealkylation sites (tertiary alicyclic amines) is 1. The van der Waals surface area contributed by atoms with Gasteiger partial charge in [0, 0.05) is 107 Å². The number of hydrogen-bond donors (Lipinski definition) is 5. The number of benzene rings is 5. The van der Waals surface area contributed by atoms with Crippen LogP contribution in [-0.4, -0.2) is 117 Å². The molecule has 1 atom stereocenters. The minimum atomic E-state index is -5.79. The second-order valence-corrected chi connectivity index (χ2v) is 25.4. The Balaban J connectivity index is 0.911. The second-order valence-electron chi connectivity index (χ2n) is 19.9. The highest BCUT2D eigenvalue weighted by atomic mass is 35.5. The van der Waals surface area contributed by atoms with Gasteiger partial charge in [-0.3, -0.25) is 4.79 Å². The van der Waals surface area contributed by atoms with Crippen LogP contribution in [0.4, 0.5) is 46.0 Å². The van der Waals surface area contributed by atoms with Crippen LogP contribution in [0.5, 0.6) is 0 Å². The number of esters is 1. The number of alkyl halides is 3. The summed E-state index contributed by atoms with van der Waals surface area (Å²) in [6, 6.07) is 33.8. The highest BCUT2D eigenvalue weighted by Crippen LogP contribution is 2.46. The average Bonchev–Trinajstić information content (AvgIpc) is 3.95.